The maximum Gasteiger partial charge on any atom is 0.215 e. The Kier molecular flexibility index (Phi) is 5.33. The molecule has 90 valence electrons. The molecule has 0 spiro atoms. The molecule has 2 atom stereocenters. The number of hydrogen-bond donors (Lipinski definition) is 0. The third-order valence-corrected chi connectivity index (χ3v) is 4.47. The number of thioether (sulfide) groups is 1. The molecule has 1 aliphatic rings. The summed E-state index contributed by atoms with van der Waals surface area (Å²) >= 11 is 1.49. The Morgan fingerprint density at radius 2 is 2.38 bits per heavy atom. The highest BCUT2D eigenvalue weighted by Gasteiger charge is 2.20. The minimum atomic E-state index is 0.287. The second kappa shape index (κ2) is 6.29. The molecule has 0 aliphatic heterocycles. The van der Waals surface area contributed by atoms with E-state index in [1.807, 2.05) is 0 Å². The smallest absolute Gasteiger partial charge is 0.215 e. The summed E-state index contributed by atoms with van der Waals surface area (Å²) in [5.41, 5.74) is 2.28. The van der Waals surface area contributed by atoms with Crippen LogP contribution in [0.2, 0.25) is 0 Å². The number of carbonyl (C=O) groups is 1. The largest absolute Gasteiger partial charge is 0.282 e. The van der Waals surface area contributed by atoms with Crippen LogP contribution in [0.3, 0.4) is 0 Å². The van der Waals surface area contributed by atoms with Crippen LogP contribution in [0.25, 0.3) is 0 Å². The Hall–Kier alpha value is -0.500. The summed E-state index contributed by atoms with van der Waals surface area (Å²) in [5, 5.41) is 0.724. The second-order valence-corrected chi connectivity index (χ2v) is 6.08. The first-order chi connectivity index (χ1) is 7.54. The maximum absolute atomic E-state index is 11.9. The average molecular weight is 238 g/mol. The van der Waals surface area contributed by atoms with E-state index in [9.17, 15) is 4.79 Å². The third-order valence-electron chi connectivity index (χ3n) is 3.25. The van der Waals surface area contributed by atoms with Crippen LogP contribution in [0.15, 0.2) is 23.8 Å². The zero-order valence-corrected chi connectivity index (χ0v) is 11.4. The van der Waals surface area contributed by atoms with Gasteiger partial charge in [0.1, 0.15) is 0 Å². The molecule has 0 saturated carbocycles. The third kappa shape index (κ3) is 3.82. The molecule has 0 amide bonds. The maximum atomic E-state index is 11.9. The molecule has 1 unspecified atom stereocenters. The van der Waals surface area contributed by atoms with Crippen molar-refractivity contribution in [3.63, 3.8) is 0 Å². The molecule has 0 heterocycles. The highest BCUT2D eigenvalue weighted by molar-refractivity contribution is 8.14. The van der Waals surface area contributed by atoms with Gasteiger partial charge in [0.05, 0.1) is 0 Å². The van der Waals surface area contributed by atoms with Crippen molar-refractivity contribution in [1.29, 1.82) is 0 Å². The number of hydrogen-bond acceptors (Lipinski definition) is 2. The van der Waals surface area contributed by atoms with E-state index in [0.29, 0.717) is 11.2 Å². The first-order valence-electron chi connectivity index (χ1n) is 6.10. The molecule has 0 aromatic heterocycles. The van der Waals surface area contributed by atoms with Crippen LogP contribution in [-0.4, -0.2) is 10.4 Å². The summed E-state index contributed by atoms with van der Waals surface area (Å²) in [6.07, 6.45) is 6.20. The quantitative estimate of drug-likeness (QED) is 0.677. The number of allylic oxidation sites excluding steroid dienone is 2. The molecule has 1 nitrogen and oxygen atoms in total. The van der Waals surface area contributed by atoms with Crippen molar-refractivity contribution in [3.8, 4) is 0 Å². The molecule has 0 aromatic carbocycles. The van der Waals surface area contributed by atoms with Gasteiger partial charge in [-0.25, -0.2) is 0 Å². The Balaban J connectivity index is 2.51. The van der Waals surface area contributed by atoms with Gasteiger partial charge in [0.2, 0.25) is 5.12 Å². The van der Waals surface area contributed by atoms with Crippen molar-refractivity contribution < 1.29 is 4.79 Å². The monoisotopic (exact) mass is 238 g/mol. The summed E-state index contributed by atoms with van der Waals surface area (Å²) in [5.74, 6) is 0.588. The van der Waals surface area contributed by atoms with Gasteiger partial charge in [0.15, 0.2) is 0 Å². The molecule has 0 saturated heterocycles. The summed E-state index contributed by atoms with van der Waals surface area (Å²) in [4.78, 5) is 11.9. The summed E-state index contributed by atoms with van der Waals surface area (Å²) in [6.45, 7) is 10.3. The molecular weight excluding hydrogens is 216 g/mol. The number of carbonyl (C=O) groups excluding carboxylic acids is 1. The molecule has 0 aromatic rings. The molecule has 2 heteroatoms. The van der Waals surface area contributed by atoms with Crippen molar-refractivity contribution in [2.45, 2.75) is 51.7 Å². The summed E-state index contributed by atoms with van der Waals surface area (Å²) in [6, 6.07) is 0. The Bertz CT molecular complexity index is 304. The van der Waals surface area contributed by atoms with E-state index >= 15 is 0 Å². The van der Waals surface area contributed by atoms with Crippen LogP contribution in [-0.2, 0) is 4.79 Å². The normalized spacial score (nSPS) is 22.4. The van der Waals surface area contributed by atoms with Crippen LogP contribution in [0.5, 0.6) is 0 Å². The Labute approximate surface area is 103 Å². The fourth-order valence-corrected chi connectivity index (χ4v) is 2.68. The van der Waals surface area contributed by atoms with E-state index in [2.05, 4.69) is 33.4 Å². The van der Waals surface area contributed by atoms with Gasteiger partial charge in [0, 0.05) is 10.8 Å². The van der Waals surface area contributed by atoms with Gasteiger partial charge in [-0.1, -0.05) is 43.8 Å². The van der Waals surface area contributed by atoms with Gasteiger partial charge in [-0.3, -0.25) is 4.79 Å². The van der Waals surface area contributed by atoms with E-state index in [0.717, 1.165) is 31.3 Å². The van der Waals surface area contributed by atoms with Crippen LogP contribution in [0.4, 0.5) is 0 Å². The van der Waals surface area contributed by atoms with Crippen molar-refractivity contribution in [2.75, 3.05) is 0 Å². The average Bonchev–Trinajstić information content (AvgIpc) is 2.28. The van der Waals surface area contributed by atoms with Gasteiger partial charge in [-0.15, -0.1) is 0 Å². The lowest BCUT2D eigenvalue weighted by atomic mass is 9.86. The predicted octanol–water partition coefficient (Wildman–Crippen LogP) is 4.35. The van der Waals surface area contributed by atoms with Gasteiger partial charge < -0.3 is 0 Å². The van der Waals surface area contributed by atoms with Crippen molar-refractivity contribution in [3.05, 3.63) is 23.8 Å². The highest BCUT2D eigenvalue weighted by Crippen LogP contribution is 2.31. The minimum absolute atomic E-state index is 0.287. The van der Waals surface area contributed by atoms with Crippen LogP contribution in [0.1, 0.15) is 46.5 Å². The van der Waals surface area contributed by atoms with Crippen LogP contribution < -0.4 is 0 Å². The predicted molar refractivity (Wildman–Crippen MR) is 72.6 cm³/mol. The first-order valence-corrected chi connectivity index (χ1v) is 6.98. The lowest BCUT2D eigenvalue weighted by Gasteiger charge is -2.21. The molecule has 0 fully saturated rings. The molecule has 0 radical (unpaired) electrons. The lowest BCUT2D eigenvalue weighted by Crippen LogP contribution is -2.12. The fraction of sp³-hybridized carbons (Fsp3) is 0.643. The van der Waals surface area contributed by atoms with Crippen LogP contribution in [0, 0.1) is 5.92 Å². The van der Waals surface area contributed by atoms with E-state index in [1.54, 1.807) is 0 Å². The standard InChI is InChI=1S/C14H22OS/c1-5-11(4)16-14(15)13-8-6-12(7-9-13)10(2)3/h8,11-12H,2,5-7,9H2,1,3-4H3/t11?,12-/m1/s1. The Morgan fingerprint density at radius 3 is 2.81 bits per heavy atom. The summed E-state index contributed by atoms with van der Waals surface area (Å²) < 4.78 is 0. The van der Waals surface area contributed by atoms with E-state index in [-0.39, 0.29) is 5.12 Å². The molecule has 1 aliphatic carbocycles. The molecule has 0 N–H and O–H groups in total. The first kappa shape index (κ1) is 13.6. The molecular formula is C14H22OS. The topological polar surface area (TPSA) is 17.1 Å². The lowest BCUT2D eigenvalue weighted by molar-refractivity contribution is -0.108. The van der Waals surface area contributed by atoms with E-state index < -0.39 is 0 Å². The Morgan fingerprint density at radius 1 is 1.69 bits per heavy atom. The van der Waals surface area contributed by atoms with Gasteiger partial charge in [-0.2, -0.15) is 0 Å². The van der Waals surface area contributed by atoms with Gasteiger partial charge in [-0.05, 0) is 38.5 Å². The van der Waals surface area contributed by atoms with Crippen molar-refractivity contribution >= 4 is 16.9 Å². The summed E-state index contributed by atoms with van der Waals surface area (Å²) in [7, 11) is 0. The minimum Gasteiger partial charge on any atom is -0.282 e. The molecule has 1 rings (SSSR count). The van der Waals surface area contributed by atoms with Crippen LogP contribution >= 0.6 is 11.8 Å². The van der Waals surface area contributed by atoms with E-state index in [1.165, 1.54) is 17.3 Å². The van der Waals surface area contributed by atoms with E-state index in [4.69, 9.17) is 0 Å². The van der Waals surface area contributed by atoms with Crippen molar-refractivity contribution in [2.24, 2.45) is 5.92 Å². The van der Waals surface area contributed by atoms with Gasteiger partial charge in [0.25, 0.3) is 0 Å². The number of rotatable bonds is 4. The zero-order valence-electron chi connectivity index (χ0n) is 10.6. The highest BCUT2D eigenvalue weighted by atomic mass is 32.2. The zero-order chi connectivity index (χ0) is 12.1. The molecule has 0 bridgehead atoms. The van der Waals surface area contributed by atoms with Crippen molar-refractivity contribution in [1.82, 2.24) is 0 Å². The second-order valence-electron chi connectivity index (χ2n) is 4.67. The SMILES string of the molecule is C=C(C)[C@@H]1CC=C(C(=O)SC(C)CC)CC1. The molecule has 16 heavy (non-hydrogen) atoms. The van der Waals surface area contributed by atoms with Gasteiger partial charge >= 0.3 is 0 Å². The fourth-order valence-electron chi connectivity index (χ4n) is 1.81.